The Bertz CT molecular complexity index is 417. The largest absolute Gasteiger partial charge is 0.497 e. The van der Waals surface area contributed by atoms with Crippen LogP contribution in [0.15, 0.2) is 37.0 Å². The van der Waals surface area contributed by atoms with E-state index in [4.69, 9.17) is 4.74 Å². The van der Waals surface area contributed by atoms with E-state index in [0.29, 0.717) is 13.0 Å². The molecule has 1 amide bonds. The molecule has 4 heteroatoms. The predicted octanol–water partition coefficient (Wildman–Crippen LogP) is 1.79. The van der Waals surface area contributed by atoms with Gasteiger partial charge in [-0.25, -0.2) is 5.01 Å². The first-order valence-electron chi connectivity index (χ1n) is 5.12. The van der Waals surface area contributed by atoms with E-state index >= 15 is 0 Å². The van der Waals surface area contributed by atoms with Crippen molar-refractivity contribution in [3.8, 4) is 5.75 Å². The molecule has 0 radical (unpaired) electrons. The molecule has 0 aliphatic carbocycles. The van der Waals surface area contributed by atoms with Gasteiger partial charge in [0.15, 0.2) is 0 Å². The van der Waals surface area contributed by atoms with Gasteiger partial charge in [0.25, 0.3) is 0 Å². The van der Waals surface area contributed by atoms with E-state index in [1.54, 1.807) is 7.11 Å². The van der Waals surface area contributed by atoms with Crippen LogP contribution < -0.4 is 9.75 Å². The van der Waals surface area contributed by atoms with Gasteiger partial charge in [0.1, 0.15) is 5.75 Å². The lowest BCUT2D eigenvalue weighted by Crippen LogP contribution is -2.34. The zero-order chi connectivity index (χ0) is 11.5. The molecule has 0 aromatic heterocycles. The molecule has 1 aliphatic rings. The van der Waals surface area contributed by atoms with Crippen LogP contribution in [0.25, 0.3) is 0 Å². The molecule has 1 aromatic rings. The van der Waals surface area contributed by atoms with Gasteiger partial charge in [-0.05, 0) is 12.1 Å². The molecule has 1 aromatic carbocycles. The molecule has 2 rings (SSSR count). The highest BCUT2D eigenvalue weighted by Gasteiger charge is 2.27. The summed E-state index contributed by atoms with van der Waals surface area (Å²) in [4.78, 5) is 11.5. The molecule has 0 saturated carbocycles. The van der Waals surface area contributed by atoms with Crippen molar-refractivity contribution < 1.29 is 9.53 Å². The van der Waals surface area contributed by atoms with Crippen molar-refractivity contribution in [1.29, 1.82) is 0 Å². The smallest absolute Gasteiger partial charge is 0.247 e. The van der Waals surface area contributed by atoms with Crippen LogP contribution >= 0.6 is 0 Å². The van der Waals surface area contributed by atoms with E-state index in [1.165, 1.54) is 11.2 Å². The number of ether oxygens (including phenoxy) is 1. The Balaban J connectivity index is 2.29. The minimum Gasteiger partial charge on any atom is -0.497 e. The maximum Gasteiger partial charge on any atom is 0.247 e. The first kappa shape index (κ1) is 10.5. The lowest BCUT2D eigenvalue weighted by molar-refractivity contribution is -0.125. The van der Waals surface area contributed by atoms with E-state index in [2.05, 4.69) is 6.58 Å². The third-order valence-corrected chi connectivity index (χ3v) is 2.58. The second-order valence-electron chi connectivity index (χ2n) is 3.50. The third-order valence-electron chi connectivity index (χ3n) is 2.58. The van der Waals surface area contributed by atoms with Gasteiger partial charge in [-0.15, -0.1) is 0 Å². The number of methoxy groups -OCH3 is 1. The Kier molecular flexibility index (Phi) is 2.81. The molecule has 1 aliphatic heterocycles. The van der Waals surface area contributed by atoms with Gasteiger partial charge in [-0.2, -0.15) is 0 Å². The second kappa shape index (κ2) is 4.26. The maximum absolute atomic E-state index is 11.5. The van der Waals surface area contributed by atoms with E-state index in [1.807, 2.05) is 29.3 Å². The van der Waals surface area contributed by atoms with Crippen molar-refractivity contribution in [2.45, 2.75) is 6.42 Å². The normalized spacial score (nSPS) is 15.4. The fourth-order valence-electron chi connectivity index (χ4n) is 1.78. The summed E-state index contributed by atoms with van der Waals surface area (Å²) in [6.07, 6.45) is 2.05. The van der Waals surface area contributed by atoms with E-state index in [9.17, 15) is 4.79 Å². The summed E-state index contributed by atoms with van der Waals surface area (Å²) in [5, 5.41) is 3.42. The Hall–Kier alpha value is -1.97. The molecule has 0 bridgehead atoms. The van der Waals surface area contributed by atoms with Crippen molar-refractivity contribution in [2.24, 2.45) is 0 Å². The van der Waals surface area contributed by atoms with Crippen LogP contribution in [0.2, 0.25) is 0 Å². The van der Waals surface area contributed by atoms with Crippen molar-refractivity contribution in [3.63, 3.8) is 0 Å². The number of benzene rings is 1. The molecule has 0 atom stereocenters. The van der Waals surface area contributed by atoms with Gasteiger partial charge in [0.2, 0.25) is 5.91 Å². The fraction of sp³-hybridized carbons (Fsp3) is 0.250. The molecule has 0 spiro atoms. The Labute approximate surface area is 94.7 Å². The molecule has 84 valence electrons. The first-order valence-corrected chi connectivity index (χ1v) is 5.12. The number of carbonyl (C=O) groups is 1. The Morgan fingerprint density at radius 2 is 2.31 bits per heavy atom. The highest BCUT2D eigenvalue weighted by atomic mass is 16.5. The molecule has 16 heavy (non-hydrogen) atoms. The second-order valence-corrected chi connectivity index (χ2v) is 3.50. The van der Waals surface area contributed by atoms with Gasteiger partial charge >= 0.3 is 0 Å². The summed E-state index contributed by atoms with van der Waals surface area (Å²) in [5.41, 5.74) is 0.935. The lowest BCUT2D eigenvalue weighted by Gasteiger charge is -2.26. The van der Waals surface area contributed by atoms with Crippen LogP contribution in [0.5, 0.6) is 5.75 Å². The standard InChI is InChI=1S/C12H14N2O2/c1-3-13-12(15)7-8-14(13)10-5-4-6-11(9-10)16-2/h3-6,9H,1,7-8H2,2H3. The number of hydrogen-bond donors (Lipinski definition) is 0. The summed E-state index contributed by atoms with van der Waals surface area (Å²) in [6, 6.07) is 7.62. The predicted molar refractivity (Wildman–Crippen MR) is 62.0 cm³/mol. The SMILES string of the molecule is C=CN1C(=O)CCN1c1cccc(OC)c1. The number of carbonyl (C=O) groups excluding carboxylic acids is 1. The van der Waals surface area contributed by atoms with Crippen molar-refractivity contribution >= 4 is 11.6 Å². The van der Waals surface area contributed by atoms with Crippen LogP contribution in [0, 0.1) is 0 Å². The van der Waals surface area contributed by atoms with Gasteiger partial charge < -0.3 is 4.74 Å². The zero-order valence-electron chi connectivity index (χ0n) is 9.22. The Morgan fingerprint density at radius 3 is 3.00 bits per heavy atom. The summed E-state index contributed by atoms with van der Waals surface area (Å²) < 4.78 is 5.15. The van der Waals surface area contributed by atoms with Crippen LogP contribution in [0.3, 0.4) is 0 Å². The molecule has 1 fully saturated rings. The lowest BCUT2D eigenvalue weighted by atomic mass is 10.3. The van der Waals surface area contributed by atoms with E-state index < -0.39 is 0 Å². The van der Waals surface area contributed by atoms with Crippen molar-refractivity contribution in [1.82, 2.24) is 5.01 Å². The highest BCUT2D eigenvalue weighted by Crippen LogP contribution is 2.26. The average molecular weight is 218 g/mol. The molecular weight excluding hydrogens is 204 g/mol. The quantitative estimate of drug-likeness (QED) is 0.775. The van der Waals surface area contributed by atoms with Crippen LogP contribution in [0.1, 0.15) is 6.42 Å². The van der Waals surface area contributed by atoms with Crippen LogP contribution in [-0.4, -0.2) is 24.6 Å². The average Bonchev–Trinajstić information content (AvgIpc) is 2.70. The van der Waals surface area contributed by atoms with Crippen LogP contribution in [0.4, 0.5) is 5.69 Å². The summed E-state index contributed by atoms with van der Waals surface area (Å²) in [5.74, 6) is 0.846. The monoisotopic (exact) mass is 218 g/mol. The maximum atomic E-state index is 11.5. The highest BCUT2D eigenvalue weighted by molar-refractivity contribution is 5.82. The van der Waals surface area contributed by atoms with Crippen LogP contribution in [-0.2, 0) is 4.79 Å². The molecule has 1 saturated heterocycles. The molecule has 0 unspecified atom stereocenters. The summed E-state index contributed by atoms with van der Waals surface area (Å²) >= 11 is 0. The number of rotatable bonds is 3. The fourth-order valence-corrected chi connectivity index (χ4v) is 1.78. The first-order chi connectivity index (χ1) is 7.76. The zero-order valence-corrected chi connectivity index (χ0v) is 9.22. The third kappa shape index (κ3) is 1.74. The number of hydrazine groups is 1. The van der Waals surface area contributed by atoms with Gasteiger partial charge in [0, 0.05) is 25.2 Å². The number of hydrogen-bond acceptors (Lipinski definition) is 3. The van der Waals surface area contributed by atoms with E-state index in [-0.39, 0.29) is 5.91 Å². The molecule has 0 N–H and O–H groups in total. The number of anilines is 1. The summed E-state index contributed by atoms with van der Waals surface area (Å²) in [7, 11) is 1.62. The Morgan fingerprint density at radius 1 is 1.50 bits per heavy atom. The van der Waals surface area contributed by atoms with E-state index in [0.717, 1.165) is 11.4 Å². The molecule has 4 nitrogen and oxygen atoms in total. The number of nitrogens with zero attached hydrogens (tertiary/aromatic N) is 2. The van der Waals surface area contributed by atoms with Crippen molar-refractivity contribution in [3.05, 3.63) is 37.0 Å². The van der Waals surface area contributed by atoms with Crippen molar-refractivity contribution in [2.75, 3.05) is 18.7 Å². The minimum atomic E-state index is 0.0674. The minimum absolute atomic E-state index is 0.0674. The van der Waals surface area contributed by atoms with Gasteiger partial charge in [-0.1, -0.05) is 12.6 Å². The number of amides is 1. The van der Waals surface area contributed by atoms with Gasteiger partial charge in [0.05, 0.1) is 12.8 Å². The summed E-state index contributed by atoms with van der Waals surface area (Å²) in [6.45, 7) is 4.32. The van der Waals surface area contributed by atoms with Gasteiger partial charge in [-0.3, -0.25) is 9.80 Å². The topological polar surface area (TPSA) is 32.8 Å². The molecule has 1 heterocycles. The molecular formula is C12H14N2O2.